The Kier molecular flexibility index (Phi) is 4.89. The molecule has 1 rings (SSSR count). The highest BCUT2D eigenvalue weighted by atomic mass is 16.6. The molecule has 4 nitrogen and oxygen atoms in total. The summed E-state index contributed by atoms with van der Waals surface area (Å²) in [6.45, 7) is 9.47. The van der Waals surface area contributed by atoms with Crippen molar-refractivity contribution in [1.29, 1.82) is 0 Å². The summed E-state index contributed by atoms with van der Waals surface area (Å²) in [7, 11) is 0. The van der Waals surface area contributed by atoms with Crippen molar-refractivity contribution >= 4 is 11.4 Å². The molecular formula is C14H20N2O2. The van der Waals surface area contributed by atoms with Crippen molar-refractivity contribution in [3.05, 3.63) is 46.0 Å². The SMILES string of the molecule is C=CCCC(C)Nc1cc([N+](=O)[O-])c(C)cc1C. The van der Waals surface area contributed by atoms with Gasteiger partial charge in [0.15, 0.2) is 0 Å². The lowest BCUT2D eigenvalue weighted by atomic mass is 10.1. The molecule has 0 saturated heterocycles. The van der Waals surface area contributed by atoms with Gasteiger partial charge in [0.25, 0.3) is 5.69 Å². The number of nitrogens with one attached hydrogen (secondary N) is 1. The number of hydrogen-bond donors (Lipinski definition) is 1. The van der Waals surface area contributed by atoms with Gasteiger partial charge in [-0.2, -0.15) is 0 Å². The van der Waals surface area contributed by atoms with Crippen molar-refractivity contribution in [2.45, 2.75) is 39.7 Å². The number of anilines is 1. The Morgan fingerprint density at radius 3 is 2.67 bits per heavy atom. The third-order valence-corrected chi connectivity index (χ3v) is 2.95. The minimum absolute atomic E-state index is 0.166. The van der Waals surface area contributed by atoms with E-state index in [0.717, 1.165) is 24.1 Å². The van der Waals surface area contributed by atoms with Crippen LogP contribution in [-0.2, 0) is 0 Å². The Morgan fingerprint density at radius 1 is 1.44 bits per heavy atom. The molecule has 0 fully saturated rings. The zero-order valence-corrected chi connectivity index (χ0v) is 11.2. The summed E-state index contributed by atoms with van der Waals surface area (Å²) < 4.78 is 0. The van der Waals surface area contributed by atoms with Gasteiger partial charge in [-0.05, 0) is 45.2 Å². The van der Waals surface area contributed by atoms with E-state index in [2.05, 4.69) is 18.8 Å². The Labute approximate surface area is 108 Å². The van der Waals surface area contributed by atoms with E-state index in [4.69, 9.17) is 0 Å². The fraction of sp³-hybridized carbons (Fsp3) is 0.429. The van der Waals surface area contributed by atoms with Crippen LogP contribution in [0.2, 0.25) is 0 Å². The van der Waals surface area contributed by atoms with Crippen molar-refractivity contribution < 1.29 is 4.92 Å². The van der Waals surface area contributed by atoms with Crippen LogP contribution < -0.4 is 5.32 Å². The first kappa shape index (κ1) is 14.2. The molecule has 1 aromatic carbocycles. The van der Waals surface area contributed by atoms with E-state index in [9.17, 15) is 10.1 Å². The van der Waals surface area contributed by atoms with E-state index in [1.165, 1.54) is 0 Å². The van der Waals surface area contributed by atoms with Crippen LogP contribution in [0.15, 0.2) is 24.8 Å². The van der Waals surface area contributed by atoms with Crippen LogP contribution in [0.4, 0.5) is 11.4 Å². The van der Waals surface area contributed by atoms with Crippen molar-refractivity contribution in [1.82, 2.24) is 0 Å². The quantitative estimate of drug-likeness (QED) is 0.470. The van der Waals surface area contributed by atoms with Crippen LogP contribution in [0.25, 0.3) is 0 Å². The lowest BCUT2D eigenvalue weighted by molar-refractivity contribution is -0.385. The monoisotopic (exact) mass is 248 g/mol. The van der Waals surface area contributed by atoms with Crippen molar-refractivity contribution in [3.63, 3.8) is 0 Å². The molecule has 0 aliphatic heterocycles. The number of aryl methyl sites for hydroxylation is 2. The van der Waals surface area contributed by atoms with E-state index in [-0.39, 0.29) is 16.7 Å². The van der Waals surface area contributed by atoms with Crippen molar-refractivity contribution in [2.75, 3.05) is 5.32 Å². The van der Waals surface area contributed by atoms with E-state index in [1.54, 1.807) is 13.0 Å². The zero-order chi connectivity index (χ0) is 13.7. The molecule has 0 aliphatic rings. The number of nitro groups is 1. The topological polar surface area (TPSA) is 55.2 Å². The fourth-order valence-electron chi connectivity index (χ4n) is 1.90. The number of hydrogen-bond acceptors (Lipinski definition) is 3. The Bertz CT molecular complexity index is 455. The average molecular weight is 248 g/mol. The maximum atomic E-state index is 10.9. The smallest absolute Gasteiger partial charge is 0.274 e. The van der Waals surface area contributed by atoms with Crippen LogP contribution in [0, 0.1) is 24.0 Å². The fourth-order valence-corrected chi connectivity index (χ4v) is 1.90. The Hall–Kier alpha value is -1.84. The molecule has 0 radical (unpaired) electrons. The Balaban J connectivity index is 2.91. The number of allylic oxidation sites excluding steroid dienone is 1. The van der Waals surface area contributed by atoms with Gasteiger partial charge in [-0.15, -0.1) is 6.58 Å². The third kappa shape index (κ3) is 3.58. The highest BCUT2D eigenvalue weighted by Gasteiger charge is 2.14. The number of nitro benzene ring substituents is 1. The largest absolute Gasteiger partial charge is 0.382 e. The van der Waals surface area contributed by atoms with Crippen LogP contribution in [0.5, 0.6) is 0 Å². The molecule has 4 heteroatoms. The van der Waals surface area contributed by atoms with Gasteiger partial charge < -0.3 is 5.32 Å². The summed E-state index contributed by atoms with van der Waals surface area (Å²) in [5.74, 6) is 0. The summed E-state index contributed by atoms with van der Waals surface area (Å²) in [5.41, 5.74) is 2.73. The molecule has 98 valence electrons. The van der Waals surface area contributed by atoms with Gasteiger partial charge in [-0.25, -0.2) is 0 Å². The molecule has 0 spiro atoms. The number of rotatable bonds is 6. The summed E-state index contributed by atoms with van der Waals surface area (Å²) in [6, 6.07) is 3.74. The maximum absolute atomic E-state index is 10.9. The van der Waals surface area contributed by atoms with Crippen LogP contribution in [0.1, 0.15) is 30.9 Å². The second-order valence-electron chi connectivity index (χ2n) is 4.62. The molecule has 0 aromatic heterocycles. The molecule has 0 aliphatic carbocycles. The molecule has 18 heavy (non-hydrogen) atoms. The molecule has 0 saturated carbocycles. The first-order valence-corrected chi connectivity index (χ1v) is 6.08. The van der Waals surface area contributed by atoms with Crippen molar-refractivity contribution in [2.24, 2.45) is 0 Å². The van der Waals surface area contributed by atoms with Crippen LogP contribution in [-0.4, -0.2) is 11.0 Å². The van der Waals surface area contributed by atoms with Gasteiger partial charge in [0.2, 0.25) is 0 Å². The van der Waals surface area contributed by atoms with Gasteiger partial charge in [-0.1, -0.05) is 6.08 Å². The first-order chi connectivity index (χ1) is 8.45. The normalized spacial score (nSPS) is 11.9. The highest BCUT2D eigenvalue weighted by Crippen LogP contribution is 2.27. The number of benzene rings is 1. The lowest BCUT2D eigenvalue weighted by Crippen LogP contribution is -2.15. The van der Waals surface area contributed by atoms with Crippen LogP contribution >= 0.6 is 0 Å². The highest BCUT2D eigenvalue weighted by molar-refractivity contribution is 5.60. The molecule has 1 N–H and O–H groups in total. The molecule has 0 amide bonds. The zero-order valence-electron chi connectivity index (χ0n) is 11.2. The van der Waals surface area contributed by atoms with Gasteiger partial charge in [-0.3, -0.25) is 10.1 Å². The molecule has 0 heterocycles. The summed E-state index contributed by atoms with van der Waals surface area (Å²) in [5, 5.41) is 14.2. The summed E-state index contributed by atoms with van der Waals surface area (Å²) >= 11 is 0. The van der Waals surface area contributed by atoms with Gasteiger partial charge >= 0.3 is 0 Å². The van der Waals surface area contributed by atoms with Gasteiger partial charge in [0.05, 0.1) is 4.92 Å². The second kappa shape index (κ2) is 6.19. The van der Waals surface area contributed by atoms with Gasteiger partial charge in [0, 0.05) is 23.4 Å². The molecule has 0 bridgehead atoms. The summed E-state index contributed by atoms with van der Waals surface area (Å²) in [6.07, 6.45) is 3.77. The van der Waals surface area contributed by atoms with E-state index < -0.39 is 0 Å². The van der Waals surface area contributed by atoms with E-state index in [1.807, 2.05) is 19.1 Å². The molecule has 1 atom stereocenters. The maximum Gasteiger partial charge on any atom is 0.274 e. The summed E-state index contributed by atoms with van der Waals surface area (Å²) in [4.78, 5) is 10.6. The van der Waals surface area contributed by atoms with Crippen molar-refractivity contribution in [3.8, 4) is 0 Å². The average Bonchev–Trinajstić information content (AvgIpc) is 2.29. The Morgan fingerprint density at radius 2 is 2.11 bits per heavy atom. The minimum Gasteiger partial charge on any atom is -0.382 e. The first-order valence-electron chi connectivity index (χ1n) is 6.08. The standard InChI is InChI=1S/C14H20N2O2/c1-5-6-7-12(4)15-13-9-14(16(17)18)11(3)8-10(13)2/h5,8-9,12,15H,1,6-7H2,2-4H3. The van der Waals surface area contributed by atoms with Crippen LogP contribution in [0.3, 0.4) is 0 Å². The molecule has 1 unspecified atom stereocenters. The van der Waals surface area contributed by atoms with E-state index >= 15 is 0 Å². The van der Waals surface area contributed by atoms with E-state index in [0.29, 0.717) is 5.56 Å². The lowest BCUT2D eigenvalue weighted by Gasteiger charge is -2.16. The minimum atomic E-state index is -0.339. The predicted octanol–water partition coefficient (Wildman–Crippen LogP) is 3.98. The molecular weight excluding hydrogens is 228 g/mol. The predicted molar refractivity (Wildman–Crippen MR) is 75.1 cm³/mol. The number of nitrogens with zero attached hydrogens (tertiary/aromatic N) is 1. The second-order valence-corrected chi connectivity index (χ2v) is 4.62. The third-order valence-electron chi connectivity index (χ3n) is 2.95. The molecule has 1 aromatic rings. The van der Waals surface area contributed by atoms with Gasteiger partial charge in [0.1, 0.15) is 0 Å².